The van der Waals surface area contributed by atoms with E-state index in [-0.39, 0.29) is 11.6 Å². The van der Waals surface area contributed by atoms with Crippen LogP contribution in [0.1, 0.15) is 33.3 Å². The molecule has 1 aromatic carbocycles. The summed E-state index contributed by atoms with van der Waals surface area (Å²) in [5.74, 6) is 0.894. The molecule has 0 saturated heterocycles. The minimum absolute atomic E-state index is 0.0318. The maximum absolute atomic E-state index is 5.96. The van der Waals surface area contributed by atoms with Crippen LogP contribution in [-0.4, -0.2) is 11.6 Å². The van der Waals surface area contributed by atoms with E-state index in [2.05, 4.69) is 18.7 Å². The molecule has 1 unspecified atom stereocenters. The minimum atomic E-state index is -0.157. The Kier molecular flexibility index (Phi) is 4.35. The average Bonchev–Trinajstić information content (AvgIpc) is 2.18. The Morgan fingerprint density at radius 3 is 2.24 bits per heavy atom. The van der Waals surface area contributed by atoms with Crippen LogP contribution in [0, 0.1) is 0 Å². The second kappa shape index (κ2) is 5.37. The number of nitrogens with two attached hydrogens (primary N) is 1. The SMILES string of the molecule is C=C(C)C(N)Cc1ccc(OC(C)(C)C)cc1. The van der Waals surface area contributed by atoms with Gasteiger partial charge in [0.15, 0.2) is 0 Å². The predicted molar refractivity (Wildman–Crippen MR) is 73.3 cm³/mol. The van der Waals surface area contributed by atoms with E-state index in [0.29, 0.717) is 0 Å². The number of rotatable bonds is 4. The van der Waals surface area contributed by atoms with Gasteiger partial charge < -0.3 is 10.5 Å². The quantitative estimate of drug-likeness (QED) is 0.810. The standard InChI is InChI=1S/C15H23NO/c1-11(2)14(16)10-12-6-8-13(9-7-12)17-15(3,4)5/h6-9,14H,1,10,16H2,2-5H3. The Hall–Kier alpha value is -1.28. The van der Waals surface area contributed by atoms with Crippen molar-refractivity contribution >= 4 is 0 Å². The van der Waals surface area contributed by atoms with Gasteiger partial charge in [-0.15, -0.1) is 0 Å². The zero-order valence-electron chi connectivity index (χ0n) is 11.3. The minimum Gasteiger partial charge on any atom is -0.488 e. The molecule has 2 N–H and O–H groups in total. The van der Waals surface area contributed by atoms with Crippen molar-refractivity contribution in [3.8, 4) is 5.75 Å². The fourth-order valence-electron chi connectivity index (χ4n) is 1.48. The Bertz CT molecular complexity index is 373. The summed E-state index contributed by atoms with van der Waals surface area (Å²) in [4.78, 5) is 0. The summed E-state index contributed by atoms with van der Waals surface area (Å²) in [5.41, 5.74) is 8.02. The molecule has 1 rings (SSSR count). The number of benzene rings is 1. The van der Waals surface area contributed by atoms with Gasteiger partial charge in [-0.05, 0) is 51.8 Å². The van der Waals surface area contributed by atoms with Gasteiger partial charge in [0, 0.05) is 6.04 Å². The lowest BCUT2D eigenvalue weighted by Gasteiger charge is -2.21. The van der Waals surface area contributed by atoms with E-state index in [9.17, 15) is 0 Å². The highest BCUT2D eigenvalue weighted by molar-refractivity contribution is 5.29. The molecular weight excluding hydrogens is 210 g/mol. The van der Waals surface area contributed by atoms with Gasteiger partial charge in [0.05, 0.1) is 0 Å². The van der Waals surface area contributed by atoms with Gasteiger partial charge in [0.25, 0.3) is 0 Å². The summed E-state index contributed by atoms with van der Waals surface area (Å²) in [6.45, 7) is 11.9. The van der Waals surface area contributed by atoms with Crippen molar-refractivity contribution in [3.63, 3.8) is 0 Å². The van der Waals surface area contributed by atoms with Crippen LogP contribution in [0.15, 0.2) is 36.4 Å². The van der Waals surface area contributed by atoms with Crippen LogP contribution >= 0.6 is 0 Å². The van der Waals surface area contributed by atoms with Crippen LogP contribution in [0.25, 0.3) is 0 Å². The highest BCUT2D eigenvalue weighted by atomic mass is 16.5. The molecule has 1 atom stereocenters. The Balaban J connectivity index is 2.65. The van der Waals surface area contributed by atoms with E-state index in [1.807, 2.05) is 39.8 Å². The molecule has 0 aliphatic carbocycles. The normalized spacial score (nSPS) is 13.2. The van der Waals surface area contributed by atoms with Crippen molar-refractivity contribution in [2.45, 2.75) is 45.8 Å². The van der Waals surface area contributed by atoms with Gasteiger partial charge in [-0.25, -0.2) is 0 Å². The van der Waals surface area contributed by atoms with Crippen molar-refractivity contribution in [1.29, 1.82) is 0 Å². The highest BCUT2D eigenvalue weighted by Gasteiger charge is 2.11. The maximum atomic E-state index is 5.96. The van der Waals surface area contributed by atoms with Crippen LogP contribution in [0.3, 0.4) is 0 Å². The highest BCUT2D eigenvalue weighted by Crippen LogP contribution is 2.19. The van der Waals surface area contributed by atoms with Crippen molar-refractivity contribution in [1.82, 2.24) is 0 Å². The summed E-state index contributed by atoms with van der Waals surface area (Å²) < 4.78 is 5.76. The summed E-state index contributed by atoms with van der Waals surface area (Å²) >= 11 is 0. The summed E-state index contributed by atoms with van der Waals surface area (Å²) in [5, 5.41) is 0. The monoisotopic (exact) mass is 233 g/mol. The van der Waals surface area contributed by atoms with E-state index in [1.165, 1.54) is 5.56 Å². The van der Waals surface area contributed by atoms with Crippen molar-refractivity contribution < 1.29 is 4.74 Å². The molecule has 94 valence electrons. The molecule has 0 amide bonds. The molecule has 17 heavy (non-hydrogen) atoms. The first-order chi connectivity index (χ1) is 7.78. The van der Waals surface area contributed by atoms with Crippen LogP contribution in [0.5, 0.6) is 5.75 Å². The van der Waals surface area contributed by atoms with E-state index in [0.717, 1.165) is 17.7 Å². The van der Waals surface area contributed by atoms with Crippen molar-refractivity contribution in [2.24, 2.45) is 5.73 Å². The molecule has 0 aromatic heterocycles. The maximum Gasteiger partial charge on any atom is 0.120 e. The second-order valence-corrected chi connectivity index (χ2v) is 5.52. The number of hydrogen-bond donors (Lipinski definition) is 1. The number of hydrogen-bond acceptors (Lipinski definition) is 2. The molecule has 1 aromatic rings. The largest absolute Gasteiger partial charge is 0.488 e. The van der Waals surface area contributed by atoms with Gasteiger partial charge in [-0.3, -0.25) is 0 Å². The Labute approximate surface area is 104 Å². The Morgan fingerprint density at radius 1 is 1.29 bits per heavy atom. The third kappa shape index (κ3) is 5.05. The lowest BCUT2D eigenvalue weighted by atomic mass is 10.0. The van der Waals surface area contributed by atoms with Gasteiger partial charge >= 0.3 is 0 Å². The van der Waals surface area contributed by atoms with Crippen LogP contribution in [0.2, 0.25) is 0 Å². The Morgan fingerprint density at radius 2 is 1.82 bits per heavy atom. The predicted octanol–water partition coefficient (Wildman–Crippen LogP) is 3.31. The first-order valence-corrected chi connectivity index (χ1v) is 5.97. The van der Waals surface area contributed by atoms with Gasteiger partial charge in [-0.2, -0.15) is 0 Å². The van der Waals surface area contributed by atoms with Gasteiger partial charge in [0.2, 0.25) is 0 Å². The molecule has 0 fully saturated rings. The molecule has 0 aliphatic rings. The fourth-order valence-corrected chi connectivity index (χ4v) is 1.48. The van der Waals surface area contributed by atoms with E-state index in [1.54, 1.807) is 0 Å². The molecule has 0 saturated carbocycles. The van der Waals surface area contributed by atoms with Gasteiger partial charge in [-0.1, -0.05) is 24.3 Å². The second-order valence-electron chi connectivity index (χ2n) is 5.52. The van der Waals surface area contributed by atoms with Crippen LogP contribution in [0.4, 0.5) is 0 Å². The lowest BCUT2D eigenvalue weighted by molar-refractivity contribution is 0.131. The molecule has 2 nitrogen and oxygen atoms in total. The van der Waals surface area contributed by atoms with E-state index >= 15 is 0 Å². The molecule has 0 radical (unpaired) electrons. The third-order valence-corrected chi connectivity index (χ3v) is 2.44. The summed E-state index contributed by atoms with van der Waals surface area (Å²) in [6, 6.07) is 8.13. The van der Waals surface area contributed by atoms with Crippen LogP contribution in [-0.2, 0) is 6.42 Å². The van der Waals surface area contributed by atoms with Crippen molar-refractivity contribution in [3.05, 3.63) is 42.0 Å². The smallest absolute Gasteiger partial charge is 0.120 e. The van der Waals surface area contributed by atoms with E-state index < -0.39 is 0 Å². The fraction of sp³-hybridized carbons (Fsp3) is 0.467. The summed E-state index contributed by atoms with van der Waals surface area (Å²) in [6.07, 6.45) is 0.825. The molecule has 0 spiro atoms. The lowest BCUT2D eigenvalue weighted by Crippen LogP contribution is -2.24. The first-order valence-electron chi connectivity index (χ1n) is 5.97. The topological polar surface area (TPSA) is 35.2 Å². The molecule has 2 heteroatoms. The average molecular weight is 233 g/mol. The molecular formula is C15H23NO. The molecule has 0 heterocycles. The third-order valence-electron chi connectivity index (χ3n) is 2.44. The molecule has 0 aliphatic heterocycles. The zero-order valence-corrected chi connectivity index (χ0v) is 11.3. The van der Waals surface area contributed by atoms with Crippen LogP contribution < -0.4 is 10.5 Å². The molecule has 0 bridgehead atoms. The van der Waals surface area contributed by atoms with Gasteiger partial charge in [0.1, 0.15) is 11.4 Å². The van der Waals surface area contributed by atoms with E-state index in [4.69, 9.17) is 10.5 Å². The first kappa shape index (κ1) is 13.8. The zero-order chi connectivity index (χ0) is 13.1. The number of ether oxygens (including phenoxy) is 1. The van der Waals surface area contributed by atoms with Crippen molar-refractivity contribution in [2.75, 3.05) is 0 Å². The summed E-state index contributed by atoms with van der Waals surface area (Å²) in [7, 11) is 0.